The Kier molecular flexibility index (Phi) is 5.00. The van der Waals surface area contributed by atoms with Crippen molar-refractivity contribution in [2.24, 2.45) is 0 Å². The van der Waals surface area contributed by atoms with Gasteiger partial charge in [0.05, 0.1) is 5.56 Å². The largest absolute Gasteiger partial charge is 0.416 e. The Labute approximate surface area is 124 Å². The van der Waals surface area contributed by atoms with E-state index in [1.54, 1.807) is 18.4 Å². The van der Waals surface area contributed by atoms with E-state index in [4.69, 9.17) is 0 Å². The molecule has 2 rings (SSSR count). The molecule has 1 nitrogen and oxygen atoms in total. The third-order valence-electron chi connectivity index (χ3n) is 3.31. The Hall–Kier alpha value is -1.40. The standard InChI is InChI=1S/C15H15F4NS/c1-20-14(7-5-11-3-2-8-21-11)12-9-10(15(17,18)19)4-6-13(12)16/h2-4,6,8-9,14,20H,5,7H2,1H3. The summed E-state index contributed by atoms with van der Waals surface area (Å²) in [5.41, 5.74) is -0.765. The highest BCUT2D eigenvalue weighted by atomic mass is 32.1. The number of halogens is 4. The Balaban J connectivity index is 2.20. The van der Waals surface area contributed by atoms with Crippen LogP contribution in [0.4, 0.5) is 17.6 Å². The first-order valence-electron chi connectivity index (χ1n) is 6.48. The predicted octanol–water partition coefficient (Wildman–Crippen LogP) is 4.80. The van der Waals surface area contributed by atoms with Gasteiger partial charge >= 0.3 is 6.18 Å². The number of nitrogens with one attached hydrogen (secondary N) is 1. The number of hydrogen-bond acceptors (Lipinski definition) is 2. The van der Waals surface area contributed by atoms with Gasteiger partial charge in [0.1, 0.15) is 5.82 Å². The maximum atomic E-state index is 13.9. The molecule has 2 aromatic rings. The lowest BCUT2D eigenvalue weighted by atomic mass is 9.98. The average molecular weight is 317 g/mol. The highest BCUT2D eigenvalue weighted by Crippen LogP contribution is 2.32. The van der Waals surface area contributed by atoms with Gasteiger partial charge in [-0.05, 0) is 49.5 Å². The second kappa shape index (κ2) is 6.58. The molecule has 0 fully saturated rings. The minimum Gasteiger partial charge on any atom is -0.313 e. The number of aryl methyl sites for hydroxylation is 1. The number of rotatable bonds is 5. The molecule has 1 aromatic carbocycles. The summed E-state index contributed by atoms with van der Waals surface area (Å²) in [5.74, 6) is -0.617. The van der Waals surface area contributed by atoms with Gasteiger partial charge in [0.2, 0.25) is 0 Å². The van der Waals surface area contributed by atoms with E-state index in [-0.39, 0.29) is 5.56 Å². The molecular weight excluding hydrogens is 302 g/mol. The maximum Gasteiger partial charge on any atom is 0.416 e. The van der Waals surface area contributed by atoms with Crippen molar-refractivity contribution in [3.8, 4) is 0 Å². The molecule has 0 aliphatic carbocycles. The first kappa shape index (κ1) is 16.0. The van der Waals surface area contributed by atoms with E-state index in [2.05, 4.69) is 5.32 Å². The fourth-order valence-corrected chi connectivity index (χ4v) is 2.91. The maximum absolute atomic E-state index is 13.9. The highest BCUT2D eigenvalue weighted by Gasteiger charge is 2.31. The number of benzene rings is 1. The molecule has 6 heteroatoms. The molecule has 1 atom stereocenters. The second-order valence-electron chi connectivity index (χ2n) is 4.69. The van der Waals surface area contributed by atoms with Crippen molar-refractivity contribution in [2.75, 3.05) is 7.05 Å². The van der Waals surface area contributed by atoms with Crippen LogP contribution in [0.25, 0.3) is 0 Å². The number of thiophene rings is 1. The average Bonchev–Trinajstić information content (AvgIpc) is 2.93. The molecule has 0 bridgehead atoms. The van der Waals surface area contributed by atoms with Crippen LogP contribution in [0.15, 0.2) is 35.7 Å². The molecule has 0 radical (unpaired) electrons. The zero-order valence-corrected chi connectivity index (χ0v) is 12.2. The van der Waals surface area contributed by atoms with Gasteiger partial charge < -0.3 is 5.32 Å². The summed E-state index contributed by atoms with van der Waals surface area (Å²) in [4.78, 5) is 1.13. The molecule has 0 amide bonds. The van der Waals surface area contributed by atoms with Crippen LogP contribution in [-0.4, -0.2) is 7.05 Å². The summed E-state index contributed by atoms with van der Waals surface area (Å²) in [7, 11) is 1.62. The Morgan fingerprint density at radius 3 is 2.57 bits per heavy atom. The van der Waals surface area contributed by atoms with Crippen LogP contribution in [0.1, 0.15) is 28.5 Å². The molecule has 0 saturated heterocycles. The summed E-state index contributed by atoms with van der Waals surface area (Å²) in [6, 6.07) is 5.97. The number of alkyl halides is 3. The van der Waals surface area contributed by atoms with Gasteiger partial charge in [0.15, 0.2) is 0 Å². The Morgan fingerprint density at radius 2 is 2.00 bits per heavy atom. The molecular formula is C15H15F4NS. The topological polar surface area (TPSA) is 12.0 Å². The summed E-state index contributed by atoms with van der Waals surface area (Å²) in [6.07, 6.45) is -3.23. The summed E-state index contributed by atoms with van der Waals surface area (Å²) in [6.45, 7) is 0. The zero-order valence-electron chi connectivity index (χ0n) is 11.4. The van der Waals surface area contributed by atoms with Crippen molar-refractivity contribution in [1.82, 2.24) is 5.32 Å². The van der Waals surface area contributed by atoms with Crippen molar-refractivity contribution in [3.63, 3.8) is 0 Å². The lowest BCUT2D eigenvalue weighted by Gasteiger charge is -2.18. The first-order valence-corrected chi connectivity index (χ1v) is 7.36. The lowest BCUT2D eigenvalue weighted by Crippen LogP contribution is -2.19. The van der Waals surface area contributed by atoms with E-state index in [0.29, 0.717) is 12.8 Å². The van der Waals surface area contributed by atoms with Crippen LogP contribution < -0.4 is 5.32 Å². The molecule has 1 N–H and O–H groups in total. The Morgan fingerprint density at radius 1 is 1.24 bits per heavy atom. The molecule has 1 unspecified atom stereocenters. The van der Waals surface area contributed by atoms with Crippen molar-refractivity contribution >= 4 is 11.3 Å². The monoisotopic (exact) mass is 317 g/mol. The predicted molar refractivity (Wildman–Crippen MR) is 75.8 cm³/mol. The SMILES string of the molecule is CNC(CCc1cccs1)c1cc(C(F)(F)F)ccc1F. The van der Waals surface area contributed by atoms with Gasteiger partial charge in [0.25, 0.3) is 0 Å². The zero-order chi connectivity index (χ0) is 15.5. The van der Waals surface area contributed by atoms with Crippen LogP contribution in [-0.2, 0) is 12.6 Å². The minimum absolute atomic E-state index is 0.0591. The van der Waals surface area contributed by atoms with Gasteiger partial charge in [0, 0.05) is 16.5 Å². The molecule has 21 heavy (non-hydrogen) atoms. The molecule has 1 heterocycles. The summed E-state index contributed by atoms with van der Waals surface area (Å²) in [5, 5.41) is 4.84. The van der Waals surface area contributed by atoms with Gasteiger partial charge in [-0.2, -0.15) is 13.2 Å². The molecule has 0 aliphatic heterocycles. The molecule has 0 saturated carbocycles. The van der Waals surface area contributed by atoms with Crippen LogP contribution in [0.5, 0.6) is 0 Å². The van der Waals surface area contributed by atoms with Gasteiger partial charge in [-0.1, -0.05) is 6.07 Å². The van der Waals surface area contributed by atoms with Gasteiger partial charge in [-0.3, -0.25) is 0 Å². The van der Waals surface area contributed by atoms with E-state index in [0.717, 1.165) is 23.1 Å². The highest BCUT2D eigenvalue weighted by molar-refractivity contribution is 7.09. The van der Waals surface area contributed by atoms with E-state index < -0.39 is 23.6 Å². The lowest BCUT2D eigenvalue weighted by molar-refractivity contribution is -0.137. The molecule has 0 aliphatic rings. The first-order chi connectivity index (χ1) is 9.91. The van der Waals surface area contributed by atoms with E-state index in [1.807, 2.05) is 17.5 Å². The summed E-state index contributed by atoms with van der Waals surface area (Å²) >= 11 is 1.58. The van der Waals surface area contributed by atoms with Crippen LogP contribution in [0.2, 0.25) is 0 Å². The molecule has 1 aromatic heterocycles. The van der Waals surface area contributed by atoms with Crippen molar-refractivity contribution in [1.29, 1.82) is 0 Å². The normalized spacial score (nSPS) is 13.4. The molecule has 0 spiro atoms. The van der Waals surface area contributed by atoms with E-state index in [1.165, 1.54) is 0 Å². The fourth-order valence-electron chi connectivity index (χ4n) is 2.18. The van der Waals surface area contributed by atoms with Crippen LogP contribution in [0, 0.1) is 5.82 Å². The van der Waals surface area contributed by atoms with Crippen LogP contribution in [0.3, 0.4) is 0 Å². The summed E-state index contributed by atoms with van der Waals surface area (Å²) < 4.78 is 52.1. The van der Waals surface area contributed by atoms with Crippen molar-refractivity contribution in [2.45, 2.75) is 25.1 Å². The minimum atomic E-state index is -4.46. The third-order valence-corrected chi connectivity index (χ3v) is 4.24. The van der Waals surface area contributed by atoms with Crippen molar-refractivity contribution in [3.05, 3.63) is 57.5 Å². The quantitative estimate of drug-likeness (QED) is 0.781. The number of hydrogen-bond donors (Lipinski definition) is 1. The van der Waals surface area contributed by atoms with E-state index >= 15 is 0 Å². The smallest absolute Gasteiger partial charge is 0.313 e. The van der Waals surface area contributed by atoms with Gasteiger partial charge in [-0.15, -0.1) is 11.3 Å². The molecule has 114 valence electrons. The fraction of sp³-hybridized carbons (Fsp3) is 0.333. The van der Waals surface area contributed by atoms with E-state index in [9.17, 15) is 17.6 Å². The van der Waals surface area contributed by atoms with Crippen LogP contribution >= 0.6 is 11.3 Å². The van der Waals surface area contributed by atoms with Gasteiger partial charge in [-0.25, -0.2) is 4.39 Å². The third kappa shape index (κ3) is 4.04. The van der Waals surface area contributed by atoms with Crippen molar-refractivity contribution < 1.29 is 17.6 Å². The Bertz CT molecular complexity index is 578. The second-order valence-corrected chi connectivity index (χ2v) is 5.73.